The van der Waals surface area contributed by atoms with Gasteiger partial charge in [0.25, 0.3) is 0 Å². The predicted molar refractivity (Wildman–Crippen MR) is 93.2 cm³/mol. The first-order valence-electron chi connectivity index (χ1n) is 8.90. The molecule has 1 atom stereocenters. The van der Waals surface area contributed by atoms with Gasteiger partial charge in [0.2, 0.25) is 11.8 Å². The van der Waals surface area contributed by atoms with Crippen molar-refractivity contribution in [3.63, 3.8) is 0 Å². The summed E-state index contributed by atoms with van der Waals surface area (Å²) in [5.41, 5.74) is 2.05. The van der Waals surface area contributed by atoms with Crippen molar-refractivity contribution < 1.29 is 19.5 Å². The largest absolute Gasteiger partial charge is 0.481 e. The fourth-order valence-electron chi connectivity index (χ4n) is 3.64. The van der Waals surface area contributed by atoms with Crippen LogP contribution >= 0.6 is 0 Å². The van der Waals surface area contributed by atoms with E-state index in [2.05, 4.69) is 6.92 Å². The van der Waals surface area contributed by atoms with Crippen LogP contribution < -0.4 is 4.90 Å². The molecule has 0 aromatic heterocycles. The molecular weight excluding hydrogens is 320 g/mol. The zero-order valence-corrected chi connectivity index (χ0v) is 14.5. The second-order valence-electron chi connectivity index (χ2n) is 6.86. The summed E-state index contributed by atoms with van der Waals surface area (Å²) in [6.07, 6.45) is 2.16. The van der Waals surface area contributed by atoms with Crippen LogP contribution in [-0.2, 0) is 20.8 Å². The molecule has 0 aliphatic carbocycles. The summed E-state index contributed by atoms with van der Waals surface area (Å²) in [6, 6.07) is 7.88. The number of carboxylic acid groups (broad SMARTS) is 1. The van der Waals surface area contributed by atoms with E-state index in [9.17, 15) is 14.4 Å². The van der Waals surface area contributed by atoms with Crippen molar-refractivity contribution in [3.05, 3.63) is 29.8 Å². The Balaban J connectivity index is 1.62. The lowest BCUT2D eigenvalue weighted by molar-refractivity contribution is -0.146. The smallest absolute Gasteiger partial charge is 0.306 e. The number of nitrogens with zero attached hydrogens (tertiary/aromatic N) is 2. The standard InChI is InChI=1S/C19H24N2O4/c1-2-13-3-5-16(6-4-13)21-12-15(11-17(21)22)18(23)20-9-7-14(8-10-20)19(24)25/h3-6,14-15H,2,7-12H2,1H3,(H,24,25). The summed E-state index contributed by atoms with van der Waals surface area (Å²) in [4.78, 5) is 39.5. The van der Waals surface area contributed by atoms with Crippen LogP contribution in [0.1, 0.15) is 31.7 Å². The molecule has 2 heterocycles. The van der Waals surface area contributed by atoms with Gasteiger partial charge in [-0.25, -0.2) is 0 Å². The third-order valence-corrected chi connectivity index (χ3v) is 5.29. The zero-order valence-electron chi connectivity index (χ0n) is 14.5. The highest BCUT2D eigenvalue weighted by Crippen LogP contribution is 2.28. The zero-order chi connectivity index (χ0) is 18.0. The van der Waals surface area contributed by atoms with E-state index in [1.54, 1.807) is 9.80 Å². The molecule has 134 valence electrons. The van der Waals surface area contributed by atoms with Gasteiger partial charge in [-0.05, 0) is 37.0 Å². The Hall–Kier alpha value is -2.37. The van der Waals surface area contributed by atoms with Gasteiger partial charge in [0.05, 0.1) is 11.8 Å². The number of carbonyl (C=O) groups excluding carboxylic acids is 2. The van der Waals surface area contributed by atoms with E-state index >= 15 is 0 Å². The molecule has 2 aliphatic rings. The summed E-state index contributed by atoms with van der Waals surface area (Å²) in [7, 11) is 0. The van der Waals surface area contributed by atoms with Crippen LogP contribution in [0.2, 0.25) is 0 Å². The Morgan fingerprint density at radius 2 is 1.76 bits per heavy atom. The third kappa shape index (κ3) is 3.67. The minimum atomic E-state index is -0.787. The van der Waals surface area contributed by atoms with E-state index in [-0.39, 0.29) is 30.1 Å². The molecule has 6 nitrogen and oxygen atoms in total. The normalized spacial score (nSPS) is 21.6. The van der Waals surface area contributed by atoms with Crippen molar-refractivity contribution in [3.8, 4) is 0 Å². The van der Waals surface area contributed by atoms with E-state index in [4.69, 9.17) is 5.11 Å². The number of aliphatic carboxylic acids is 1. The molecule has 25 heavy (non-hydrogen) atoms. The Morgan fingerprint density at radius 3 is 2.32 bits per heavy atom. The van der Waals surface area contributed by atoms with Crippen LogP contribution in [0.3, 0.4) is 0 Å². The van der Waals surface area contributed by atoms with E-state index in [0.717, 1.165) is 12.1 Å². The van der Waals surface area contributed by atoms with Crippen LogP contribution in [-0.4, -0.2) is 47.4 Å². The van der Waals surface area contributed by atoms with Crippen LogP contribution in [0.25, 0.3) is 0 Å². The van der Waals surface area contributed by atoms with Crippen LogP contribution in [0, 0.1) is 11.8 Å². The van der Waals surface area contributed by atoms with Crippen LogP contribution in [0.15, 0.2) is 24.3 Å². The van der Waals surface area contributed by atoms with E-state index < -0.39 is 5.97 Å². The number of anilines is 1. The number of rotatable bonds is 4. The van der Waals surface area contributed by atoms with Gasteiger partial charge in [-0.3, -0.25) is 14.4 Å². The second-order valence-corrected chi connectivity index (χ2v) is 6.86. The SMILES string of the molecule is CCc1ccc(N2CC(C(=O)N3CCC(C(=O)O)CC3)CC2=O)cc1. The highest BCUT2D eigenvalue weighted by Gasteiger charge is 2.38. The molecule has 2 fully saturated rings. The van der Waals surface area contributed by atoms with Crippen molar-refractivity contribution in [2.45, 2.75) is 32.6 Å². The molecule has 1 unspecified atom stereocenters. The van der Waals surface area contributed by atoms with E-state index in [1.807, 2.05) is 24.3 Å². The Kier molecular flexibility index (Phi) is 5.06. The molecule has 2 saturated heterocycles. The first-order valence-corrected chi connectivity index (χ1v) is 8.90. The average Bonchev–Trinajstić information content (AvgIpc) is 3.03. The monoisotopic (exact) mass is 344 g/mol. The number of piperidine rings is 1. The Morgan fingerprint density at radius 1 is 1.12 bits per heavy atom. The Bertz CT molecular complexity index is 663. The highest BCUT2D eigenvalue weighted by molar-refractivity contribution is 6.00. The van der Waals surface area contributed by atoms with Crippen molar-refractivity contribution in [2.75, 3.05) is 24.5 Å². The maximum Gasteiger partial charge on any atom is 0.306 e. The van der Waals surface area contributed by atoms with Crippen LogP contribution in [0.5, 0.6) is 0 Å². The molecule has 2 aliphatic heterocycles. The van der Waals surface area contributed by atoms with Crippen molar-refractivity contribution in [2.24, 2.45) is 11.8 Å². The van der Waals surface area contributed by atoms with Gasteiger partial charge in [-0.1, -0.05) is 19.1 Å². The number of carboxylic acids is 1. The summed E-state index contributed by atoms with van der Waals surface area (Å²) in [5.74, 6) is -1.53. The Labute approximate surface area is 147 Å². The molecule has 1 aromatic rings. The lowest BCUT2D eigenvalue weighted by Gasteiger charge is -2.31. The maximum absolute atomic E-state index is 12.7. The molecule has 0 saturated carbocycles. The summed E-state index contributed by atoms with van der Waals surface area (Å²) in [6.45, 7) is 3.41. The molecule has 2 amide bonds. The molecule has 1 N–H and O–H groups in total. The second kappa shape index (κ2) is 7.25. The van der Waals surface area contributed by atoms with Crippen molar-refractivity contribution in [1.29, 1.82) is 0 Å². The number of hydrogen-bond donors (Lipinski definition) is 1. The average molecular weight is 344 g/mol. The minimum absolute atomic E-state index is 0.0233. The fraction of sp³-hybridized carbons (Fsp3) is 0.526. The molecule has 0 bridgehead atoms. The lowest BCUT2D eigenvalue weighted by Crippen LogP contribution is -2.43. The van der Waals surface area contributed by atoms with E-state index in [1.165, 1.54) is 5.56 Å². The summed E-state index contributed by atoms with van der Waals surface area (Å²) < 4.78 is 0. The molecule has 0 spiro atoms. The molecular formula is C19H24N2O4. The first kappa shape index (κ1) is 17.5. The lowest BCUT2D eigenvalue weighted by atomic mass is 9.95. The first-order chi connectivity index (χ1) is 12.0. The van der Waals surface area contributed by atoms with Gasteiger partial charge in [-0.2, -0.15) is 0 Å². The molecule has 6 heteroatoms. The highest BCUT2D eigenvalue weighted by atomic mass is 16.4. The number of amides is 2. The van der Waals surface area contributed by atoms with Gasteiger partial charge in [0, 0.05) is 31.7 Å². The van der Waals surface area contributed by atoms with Gasteiger partial charge >= 0.3 is 5.97 Å². The van der Waals surface area contributed by atoms with Crippen molar-refractivity contribution in [1.82, 2.24) is 4.90 Å². The number of aryl methyl sites for hydroxylation is 1. The van der Waals surface area contributed by atoms with E-state index in [0.29, 0.717) is 32.5 Å². The third-order valence-electron chi connectivity index (χ3n) is 5.29. The van der Waals surface area contributed by atoms with Crippen molar-refractivity contribution >= 4 is 23.5 Å². The molecule has 3 rings (SSSR count). The summed E-state index contributed by atoms with van der Waals surface area (Å²) in [5, 5.41) is 9.05. The van der Waals surface area contributed by atoms with Gasteiger partial charge < -0.3 is 14.9 Å². The number of carbonyl (C=O) groups is 3. The molecule has 0 radical (unpaired) electrons. The van der Waals surface area contributed by atoms with Gasteiger partial charge in [0.15, 0.2) is 0 Å². The van der Waals surface area contributed by atoms with Gasteiger partial charge in [-0.15, -0.1) is 0 Å². The molecule has 1 aromatic carbocycles. The minimum Gasteiger partial charge on any atom is -0.481 e. The maximum atomic E-state index is 12.7. The number of benzene rings is 1. The summed E-state index contributed by atoms with van der Waals surface area (Å²) >= 11 is 0. The predicted octanol–water partition coefficient (Wildman–Crippen LogP) is 1.93. The van der Waals surface area contributed by atoms with Gasteiger partial charge in [0.1, 0.15) is 0 Å². The van der Waals surface area contributed by atoms with Crippen LogP contribution in [0.4, 0.5) is 5.69 Å². The number of likely N-dealkylation sites (tertiary alicyclic amines) is 1. The quantitative estimate of drug-likeness (QED) is 0.905. The fourth-order valence-corrected chi connectivity index (χ4v) is 3.64. The number of hydrogen-bond acceptors (Lipinski definition) is 3. The topological polar surface area (TPSA) is 77.9 Å².